The number of alkyl halides is 1. The van der Waals surface area contributed by atoms with Crippen LogP contribution >= 0.6 is 11.6 Å². The fraction of sp³-hybridized carbons (Fsp3) is 0.188. The average Bonchev–Trinajstić information content (AvgIpc) is 2.48. The molecule has 0 amide bonds. The molecular weight excluding hydrogens is 260 g/mol. The molecule has 1 fully saturated rings. The molecule has 2 nitrogen and oxygen atoms in total. The first-order valence-electron chi connectivity index (χ1n) is 6.17. The van der Waals surface area contributed by atoms with Crippen LogP contribution in [0.2, 0.25) is 0 Å². The fourth-order valence-electron chi connectivity index (χ4n) is 2.43. The van der Waals surface area contributed by atoms with Gasteiger partial charge in [0, 0.05) is 0 Å². The largest absolute Gasteiger partial charge is 0.352 e. The van der Waals surface area contributed by atoms with Crippen molar-refractivity contribution in [1.29, 1.82) is 0 Å². The van der Waals surface area contributed by atoms with Gasteiger partial charge in [0.05, 0.1) is 5.38 Å². The molecule has 1 aliphatic rings. The summed E-state index contributed by atoms with van der Waals surface area (Å²) in [6.45, 7) is 0.130. The molecule has 0 bridgehead atoms. The van der Waals surface area contributed by atoms with Crippen LogP contribution in [0.25, 0.3) is 0 Å². The molecule has 0 aromatic heterocycles. The summed E-state index contributed by atoms with van der Waals surface area (Å²) in [5.74, 6) is 0.0301. The number of ketones is 1. The Balaban J connectivity index is 2.05. The average molecular weight is 273 g/mol. The Labute approximate surface area is 117 Å². The normalized spacial score (nSPS) is 23.7. The maximum absolute atomic E-state index is 12.2. The maximum atomic E-state index is 12.2. The highest BCUT2D eigenvalue weighted by atomic mass is 35.5. The van der Waals surface area contributed by atoms with Crippen LogP contribution < -0.4 is 0 Å². The molecule has 0 unspecified atom stereocenters. The van der Waals surface area contributed by atoms with Crippen LogP contribution in [0.3, 0.4) is 0 Å². The Hall–Kier alpha value is -1.64. The Kier molecular flexibility index (Phi) is 3.13. The third-order valence-corrected chi connectivity index (χ3v) is 4.06. The molecule has 0 radical (unpaired) electrons. The summed E-state index contributed by atoms with van der Waals surface area (Å²) < 4.78 is 5.65. The Morgan fingerprint density at radius 3 is 2.05 bits per heavy atom. The van der Waals surface area contributed by atoms with Crippen molar-refractivity contribution in [3.63, 3.8) is 0 Å². The minimum absolute atomic E-state index is 0.0301. The standard InChI is InChI=1S/C16H13ClO2/c17-15(12-7-3-1-4-8-12)16(14(18)11-19-16)13-9-5-2-6-10-13/h1-10,15H,11H2/t15-,16-/m0/s1. The molecule has 0 aliphatic carbocycles. The highest BCUT2D eigenvalue weighted by Crippen LogP contribution is 2.48. The molecule has 0 N–H and O–H groups in total. The Morgan fingerprint density at radius 1 is 1.00 bits per heavy atom. The SMILES string of the molecule is O=C1CO[C@]1(c1ccccc1)[C@@H](Cl)c1ccccc1. The van der Waals surface area contributed by atoms with Gasteiger partial charge in [0.25, 0.3) is 0 Å². The molecule has 2 aromatic carbocycles. The van der Waals surface area contributed by atoms with Gasteiger partial charge in [-0.1, -0.05) is 60.7 Å². The number of halogens is 1. The van der Waals surface area contributed by atoms with Crippen molar-refractivity contribution in [2.75, 3.05) is 6.61 Å². The van der Waals surface area contributed by atoms with Crippen molar-refractivity contribution in [1.82, 2.24) is 0 Å². The predicted octanol–water partition coefficient (Wildman–Crippen LogP) is 3.46. The topological polar surface area (TPSA) is 26.3 Å². The molecule has 19 heavy (non-hydrogen) atoms. The lowest BCUT2D eigenvalue weighted by Gasteiger charge is -2.43. The lowest BCUT2D eigenvalue weighted by Crippen LogP contribution is -2.54. The lowest BCUT2D eigenvalue weighted by atomic mass is 9.79. The second-order valence-electron chi connectivity index (χ2n) is 4.59. The Bertz CT molecular complexity index is 582. The summed E-state index contributed by atoms with van der Waals surface area (Å²) in [5.41, 5.74) is 0.667. The third kappa shape index (κ3) is 1.88. The summed E-state index contributed by atoms with van der Waals surface area (Å²) in [6.07, 6.45) is 0. The van der Waals surface area contributed by atoms with Crippen LogP contribution in [0.5, 0.6) is 0 Å². The molecule has 2 atom stereocenters. The smallest absolute Gasteiger partial charge is 0.196 e. The first-order chi connectivity index (χ1) is 9.25. The van der Waals surface area contributed by atoms with E-state index in [1.54, 1.807) is 0 Å². The zero-order valence-corrected chi connectivity index (χ0v) is 11.0. The Morgan fingerprint density at radius 2 is 1.58 bits per heavy atom. The van der Waals surface area contributed by atoms with Crippen molar-refractivity contribution in [2.24, 2.45) is 0 Å². The minimum Gasteiger partial charge on any atom is -0.352 e. The summed E-state index contributed by atoms with van der Waals surface area (Å²) >= 11 is 6.55. The van der Waals surface area contributed by atoms with E-state index in [1.165, 1.54) is 0 Å². The lowest BCUT2D eigenvalue weighted by molar-refractivity contribution is -0.182. The van der Waals surface area contributed by atoms with E-state index in [2.05, 4.69) is 0 Å². The van der Waals surface area contributed by atoms with Crippen molar-refractivity contribution in [3.05, 3.63) is 71.8 Å². The van der Waals surface area contributed by atoms with E-state index < -0.39 is 11.0 Å². The van der Waals surface area contributed by atoms with E-state index in [0.29, 0.717) is 0 Å². The van der Waals surface area contributed by atoms with Gasteiger partial charge < -0.3 is 4.74 Å². The van der Waals surface area contributed by atoms with E-state index in [1.807, 2.05) is 60.7 Å². The molecule has 1 heterocycles. The molecule has 2 aromatic rings. The van der Waals surface area contributed by atoms with Gasteiger partial charge in [-0.05, 0) is 11.1 Å². The highest BCUT2D eigenvalue weighted by Gasteiger charge is 2.54. The van der Waals surface area contributed by atoms with Gasteiger partial charge in [0.1, 0.15) is 6.61 Å². The number of hydrogen-bond acceptors (Lipinski definition) is 2. The van der Waals surface area contributed by atoms with Gasteiger partial charge in [0.2, 0.25) is 0 Å². The van der Waals surface area contributed by atoms with Gasteiger partial charge in [0.15, 0.2) is 11.4 Å². The second kappa shape index (κ2) is 4.80. The number of Topliss-reactive ketones (excluding diaryl/α,β-unsaturated/α-hetero) is 1. The van der Waals surface area contributed by atoms with Crippen LogP contribution in [0.15, 0.2) is 60.7 Å². The maximum Gasteiger partial charge on any atom is 0.196 e. The molecule has 96 valence electrons. The molecule has 3 rings (SSSR count). The molecule has 0 saturated carbocycles. The molecule has 1 aliphatic heterocycles. The van der Waals surface area contributed by atoms with Gasteiger partial charge in [-0.2, -0.15) is 0 Å². The number of hydrogen-bond donors (Lipinski definition) is 0. The van der Waals surface area contributed by atoms with Crippen LogP contribution in [0.4, 0.5) is 0 Å². The van der Waals surface area contributed by atoms with Crippen LogP contribution in [0.1, 0.15) is 16.5 Å². The number of carbonyl (C=O) groups excluding carboxylic acids is 1. The third-order valence-electron chi connectivity index (χ3n) is 3.50. The number of rotatable bonds is 3. The van der Waals surface area contributed by atoms with Crippen molar-refractivity contribution in [3.8, 4) is 0 Å². The van der Waals surface area contributed by atoms with Crippen LogP contribution in [-0.2, 0) is 15.1 Å². The van der Waals surface area contributed by atoms with Gasteiger partial charge in [-0.3, -0.25) is 4.79 Å². The second-order valence-corrected chi connectivity index (χ2v) is 5.02. The highest BCUT2D eigenvalue weighted by molar-refractivity contribution is 6.24. The van der Waals surface area contributed by atoms with Crippen molar-refractivity contribution < 1.29 is 9.53 Å². The van der Waals surface area contributed by atoms with Crippen molar-refractivity contribution in [2.45, 2.75) is 11.0 Å². The molecular formula is C16H13ClO2. The zero-order chi connectivity index (χ0) is 13.3. The van der Waals surface area contributed by atoms with Gasteiger partial charge >= 0.3 is 0 Å². The summed E-state index contributed by atoms with van der Waals surface area (Å²) in [7, 11) is 0. The minimum atomic E-state index is -1.04. The van der Waals surface area contributed by atoms with Crippen molar-refractivity contribution >= 4 is 17.4 Å². The molecule has 3 heteroatoms. The molecule has 0 spiro atoms. The van der Waals surface area contributed by atoms with Gasteiger partial charge in [-0.15, -0.1) is 11.6 Å². The summed E-state index contributed by atoms with van der Waals surface area (Å²) in [5, 5.41) is -0.516. The first-order valence-corrected chi connectivity index (χ1v) is 6.60. The number of ether oxygens (including phenoxy) is 1. The molecule has 1 saturated heterocycles. The monoisotopic (exact) mass is 272 g/mol. The summed E-state index contributed by atoms with van der Waals surface area (Å²) in [4.78, 5) is 12.2. The zero-order valence-electron chi connectivity index (χ0n) is 10.3. The van der Waals surface area contributed by atoms with Crippen LogP contribution in [0, 0.1) is 0 Å². The van der Waals surface area contributed by atoms with E-state index in [9.17, 15) is 4.79 Å². The van der Waals surface area contributed by atoms with Crippen LogP contribution in [-0.4, -0.2) is 12.4 Å². The van der Waals surface area contributed by atoms with E-state index in [-0.39, 0.29) is 12.4 Å². The number of benzene rings is 2. The van der Waals surface area contributed by atoms with E-state index in [4.69, 9.17) is 16.3 Å². The predicted molar refractivity (Wildman–Crippen MR) is 74.1 cm³/mol. The summed E-state index contributed by atoms with van der Waals surface area (Å²) in [6, 6.07) is 19.0. The van der Waals surface area contributed by atoms with Gasteiger partial charge in [-0.25, -0.2) is 0 Å². The van der Waals surface area contributed by atoms with E-state index in [0.717, 1.165) is 11.1 Å². The fourth-order valence-corrected chi connectivity index (χ4v) is 2.89. The number of carbonyl (C=O) groups is 1. The van der Waals surface area contributed by atoms with E-state index >= 15 is 0 Å². The quantitative estimate of drug-likeness (QED) is 0.800. The first kappa shape index (κ1) is 12.4.